The molecular formula is C21H32F3N3O4. The summed E-state index contributed by atoms with van der Waals surface area (Å²) < 4.78 is 54.2. The molecule has 0 aliphatic carbocycles. The van der Waals surface area contributed by atoms with E-state index >= 15 is 0 Å². The lowest BCUT2D eigenvalue weighted by molar-refractivity contribution is -0.137. The first-order valence-corrected chi connectivity index (χ1v) is 10.6. The molecule has 1 aliphatic rings. The van der Waals surface area contributed by atoms with E-state index in [4.69, 9.17) is 14.2 Å². The molecule has 1 aliphatic heterocycles. The first-order valence-electron chi connectivity index (χ1n) is 10.6. The van der Waals surface area contributed by atoms with Crippen molar-refractivity contribution < 1.29 is 32.5 Å². The van der Waals surface area contributed by atoms with Gasteiger partial charge in [0.05, 0.1) is 24.8 Å². The van der Waals surface area contributed by atoms with Crippen LogP contribution in [0.3, 0.4) is 0 Å². The first-order chi connectivity index (χ1) is 14.9. The summed E-state index contributed by atoms with van der Waals surface area (Å²) in [5.41, 5.74) is -0.747. The molecule has 0 aromatic heterocycles. The van der Waals surface area contributed by atoms with Crippen molar-refractivity contribution in [3.8, 4) is 5.75 Å². The molecule has 1 fully saturated rings. The number of nitrogens with one attached hydrogen (secondary N) is 2. The summed E-state index contributed by atoms with van der Waals surface area (Å²) in [5, 5.41) is 16.3. The number of ether oxygens (including phenoxy) is 3. The quantitative estimate of drug-likeness (QED) is 0.260. The Bertz CT molecular complexity index is 650. The zero-order valence-corrected chi connectivity index (χ0v) is 17.8. The van der Waals surface area contributed by atoms with E-state index in [0.29, 0.717) is 32.3 Å². The lowest BCUT2D eigenvalue weighted by atomic mass is 10.2. The van der Waals surface area contributed by atoms with Crippen molar-refractivity contribution >= 4 is 5.96 Å². The number of aliphatic imine (C=N–C) groups is 1. The monoisotopic (exact) mass is 447 g/mol. The van der Waals surface area contributed by atoms with E-state index in [2.05, 4.69) is 15.6 Å². The van der Waals surface area contributed by atoms with Gasteiger partial charge in [-0.15, -0.1) is 0 Å². The molecule has 2 unspecified atom stereocenters. The minimum absolute atomic E-state index is 0.0780. The molecule has 10 heteroatoms. The van der Waals surface area contributed by atoms with Crippen LogP contribution in [0.4, 0.5) is 13.2 Å². The zero-order valence-electron chi connectivity index (χ0n) is 17.8. The fourth-order valence-corrected chi connectivity index (χ4v) is 2.90. The SMILES string of the molecule is CCNC(=NCC(O)COc1ccc(C(F)(F)F)cc1)NCCCOCC1CCCO1. The summed E-state index contributed by atoms with van der Waals surface area (Å²) in [6.45, 7) is 5.34. The molecule has 0 saturated carbocycles. The maximum Gasteiger partial charge on any atom is 0.416 e. The van der Waals surface area contributed by atoms with Crippen LogP contribution in [-0.2, 0) is 15.7 Å². The molecule has 3 N–H and O–H groups in total. The molecule has 0 amide bonds. The summed E-state index contributed by atoms with van der Waals surface area (Å²) >= 11 is 0. The van der Waals surface area contributed by atoms with Gasteiger partial charge in [-0.2, -0.15) is 13.2 Å². The van der Waals surface area contributed by atoms with Gasteiger partial charge in [0, 0.05) is 26.3 Å². The lowest BCUT2D eigenvalue weighted by Gasteiger charge is -2.14. The van der Waals surface area contributed by atoms with Gasteiger partial charge >= 0.3 is 6.18 Å². The van der Waals surface area contributed by atoms with Gasteiger partial charge in [-0.25, -0.2) is 0 Å². The number of hydrogen-bond acceptors (Lipinski definition) is 5. The fraction of sp³-hybridized carbons (Fsp3) is 0.667. The highest BCUT2D eigenvalue weighted by Gasteiger charge is 2.30. The van der Waals surface area contributed by atoms with Crippen molar-refractivity contribution in [2.24, 2.45) is 4.99 Å². The van der Waals surface area contributed by atoms with Crippen LogP contribution in [0.1, 0.15) is 31.7 Å². The van der Waals surface area contributed by atoms with Gasteiger partial charge in [-0.3, -0.25) is 4.99 Å². The van der Waals surface area contributed by atoms with Gasteiger partial charge in [-0.05, 0) is 50.5 Å². The Labute approximate surface area is 181 Å². The second kappa shape index (κ2) is 13.4. The summed E-state index contributed by atoms with van der Waals surface area (Å²) in [5.74, 6) is 0.819. The number of aliphatic hydroxyl groups excluding tert-OH is 1. The van der Waals surface area contributed by atoms with Crippen LogP contribution < -0.4 is 15.4 Å². The normalized spacial score (nSPS) is 18.1. The number of halogens is 3. The average Bonchev–Trinajstić information content (AvgIpc) is 3.26. The molecule has 2 rings (SSSR count). The highest BCUT2D eigenvalue weighted by atomic mass is 19.4. The van der Waals surface area contributed by atoms with E-state index in [0.717, 1.165) is 38.0 Å². The molecule has 1 heterocycles. The predicted molar refractivity (Wildman–Crippen MR) is 111 cm³/mol. The van der Waals surface area contributed by atoms with E-state index in [-0.39, 0.29) is 25.0 Å². The molecule has 1 aromatic rings. The van der Waals surface area contributed by atoms with Crippen LogP contribution in [0, 0.1) is 0 Å². The van der Waals surface area contributed by atoms with Gasteiger partial charge in [0.2, 0.25) is 0 Å². The Balaban J connectivity index is 1.64. The molecule has 0 bridgehead atoms. The zero-order chi connectivity index (χ0) is 22.5. The second-order valence-electron chi connectivity index (χ2n) is 7.20. The van der Waals surface area contributed by atoms with Crippen molar-refractivity contribution in [3.63, 3.8) is 0 Å². The molecule has 1 aromatic carbocycles. The maximum absolute atomic E-state index is 12.6. The minimum atomic E-state index is -4.39. The lowest BCUT2D eigenvalue weighted by Crippen LogP contribution is -2.39. The van der Waals surface area contributed by atoms with Crippen LogP contribution in [0.15, 0.2) is 29.3 Å². The van der Waals surface area contributed by atoms with Crippen LogP contribution >= 0.6 is 0 Å². The molecule has 31 heavy (non-hydrogen) atoms. The average molecular weight is 447 g/mol. The van der Waals surface area contributed by atoms with E-state index in [9.17, 15) is 18.3 Å². The Morgan fingerprint density at radius 1 is 1.29 bits per heavy atom. The third kappa shape index (κ3) is 10.2. The van der Waals surface area contributed by atoms with Gasteiger partial charge < -0.3 is 30.0 Å². The fourth-order valence-electron chi connectivity index (χ4n) is 2.90. The second-order valence-corrected chi connectivity index (χ2v) is 7.20. The summed E-state index contributed by atoms with van der Waals surface area (Å²) in [4.78, 5) is 4.31. The molecule has 176 valence electrons. The van der Waals surface area contributed by atoms with Crippen molar-refractivity contribution in [2.75, 3.05) is 46.1 Å². The third-order valence-electron chi connectivity index (χ3n) is 4.51. The molecule has 0 spiro atoms. The highest BCUT2D eigenvalue weighted by Crippen LogP contribution is 2.30. The van der Waals surface area contributed by atoms with E-state index in [1.54, 1.807) is 0 Å². The van der Waals surface area contributed by atoms with Crippen molar-refractivity contribution in [1.82, 2.24) is 10.6 Å². The summed E-state index contributed by atoms with van der Waals surface area (Å²) in [6, 6.07) is 4.34. The first kappa shape index (κ1) is 25.2. The van der Waals surface area contributed by atoms with Crippen molar-refractivity contribution in [2.45, 2.75) is 44.6 Å². The summed E-state index contributed by atoms with van der Waals surface area (Å²) in [6.07, 6.45) is -2.11. The van der Waals surface area contributed by atoms with Crippen LogP contribution in [-0.4, -0.2) is 69.3 Å². The number of hydrogen-bond donors (Lipinski definition) is 3. The molecule has 7 nitrogen and oxygen atoms in total. The van der Waals surface area contributed by atoms with Gasteiger partial charge in [0.15, 0.2) is 5.96 Å². The Morgan fingerprint density at radius 3 is 2.71 bits per heavy atom. The van der Waals surface area contributed by atoms with E-state index in [1.165, 1.54) is 12.1 Å². The molecular weight excluding hydrogens is 415 g/mol. The topological polar surface area (TPSA) is 84.3 Å². The molecule has 2 atom stereocenters. The summed E-state index contributed by atoms with van der Waals surface area (Å²) in [7, 11) is 0. The largest absolute Gasteiger partial charge is 0.491 e. The van der Waals surface area contributed by atoms with Crippen molar-refractivity contribution in [1.29, 1.82) is 0 Å². The number of guanidine groups is 1. The minimum Gasteiger partial charge on any atom is -0.491 e. The van der Waals surface area contributed by atoms with Gasteiger partial charge in [0.1, 0.15) is 18.5 Å². The van der Waals surface area contributed by atoms with E-state index in [1.807, 2.05) is 6.92 Å². The standard InChI is InChI=1S/C21H32F3N3O4/c1-2-25-20(26-10-4-11-29-15-19-5-3-12-30-19)27-13-17(28)14-31-18-8-6-16(7-9-18)21(22,23)24/h6-9,17,19,28H,2-5,10-15H2,1H3,(H2,25,26,27). The van der Waals surface area contributed by atoms with Crippen molar-refractivity contribution in [3.05, 3.63) is 29.8 Å². The van der Waals surface area contributed by atoms with Crippen LogP contribution in [0.25, 0.3) is 0 Å². The smallest absolute Gasteiger partial charge is 0.416 e. The van der Waals surface area contributed by atoms with Gasteiger partial charge in [-0.1, -0.05) is 0 Å². The molecule has 0 radical (unpaired) electrons. The number of aliphatic hydroxyl groups is 1. The maximum atomic E-state index is 12.6. The Kier molecular flexibility index (Phi) is 10.9. The van der Waals surface area contributed by atoms with E-state index < -0.39 is 17.8 Å². The van der Waals surface area contributed by atoms with Gasteiger partial charge in [0.25, 0.3) is 0 Å². The predicted octanol–water partition coefficient (Wildman–Crippen LogP) is 2.59. The van der Waals surface area contributed by atoms with Crippen LogP contribution in [0.5, 0.6) is 5.75 Å². The molecule has 1 saturated heterocycles. The number of rotatable bonds is 12. The third-order valence-corrected chi connectivity index (χ3v) is 4.51. The Hall–Kier alpha value is -2.04. The number of nitrogens with zero attached hydrogens (tertiary/aromatic N) is 1. The number of benzene rings is 1. The highest BCUT2D eigenvalue weighted by molar-refractivity contribution is 5.79. The van der Waals surface area contributed by atoms with Crippen LogP contribution in [0.2, 0.25) is 0 Å². The number of alkyl halides is 3. The Morgan fingerprint density at radius 2 is 2.06 bits per heavy atom.